The molecule has 38 heavy (non-hydrogen) atoms. The van der Waals surface area contributed by atoms with Gasteiger partial charge in [-0.25, -0.2) is 4.79 Å². The third-order valence-corrected chi connectivity index (χ3v) is 10.2. The Morgan fingerprint density at radius 1 is 1.00 bits per heavy atom. The van der Waals surface area contributed by atoms with E-state index < -0.39 is 0 Å². The van der Waals surface area contributed by atoms with Crippen LogP contribution >= 0.6 is 0 Å². The van der Waals surface area contributed by atoms with Crippen molar-refractivity contribution >= 4 is 16.9 Å². The number of rotatable bonds is 6. The van der Waals surface area contributed by atoms with Crippen molar-refractivity contribution in [1.29, 1.82) is 0 Å². The lowest BCUT2D eigenvalue weighted by Gasteiger charge is -2.45. The molecule has 0 saturated carbocycles. The smallest absolute Gasteiger partial charge is 0.315 e. The van der Waals surface area contributed by atoms with Crippen molar-refractivity contribution in [2.45, 2.75) is 62.4 Å². The van der Waals surface area contributed by atoms with Crippen LogP contribution in [0.5, 0.6) is 0 Å². The van der Waals surface area contributed by atoms with E-state index in [4.69, 9.17) is 0 Å². The van der Waals surface area contributed by atoms with Crippen molar-refractivity contribution in [2.24, 2.45) is 5.92 Å². The number of benzene rings is 2. The van der Waals surface area contributed by atoms with Gasteiger partial charge in [0.15, 0.2) is 0 Å². The van der Waals surface area contributed by atoms with Gasteiger partial charge in [-0.1, -0.05) is 42.5 Å². The minimum Gasteiger partial charge on any atom is -0.361 e. The molecule has 2 bridgehead atoms. The monoisotopic (exact) mass is 511 g/mol. The second kappa shape index (κ2) is 10.0. The number of carbonyl (C=O) groups is 1. The number of H-pyrrole nitrogens is 1. The molecule has 1 spiro atoms. The van der Waals surface area contributed by atoms with Crippen LogP contribution in [-0.2, 0) is 18.3 Å². The molecule has 6 nitrogen and oxygen atoms in total. The Morgan fingerprint density at radius 3 is 2.61 bits per heavy atom. The highest BCUT2D eigenvalue weighted by Gasteiger charge is 2.41. The molecule has 2 amide bonds. The summed E-state index contributed by atoms with van der Waals surface area (Å²) in [5.41, 5.74) is 5.97. The van der Waals surface area contributed by atoms with Crippen molar-refractivity contribution in [3.05, 3.63) is 71.4 Å². The number of fused-ring (bicyclic) bond motifs is 6. The Balaban J connectivity index is 1.04. The molecule has 1 aliphatic carbocycles. The van der Waals surface area contributed by atoms with E-state index in [0.717, 1.165) is 38.1 Å². The summed E-state index contributed by atoms with van der Waals surface area (Å²) < 4.78 is 0. The molecule has 5 aliphatic rings. The molecule has 8 rings (SSSR count). The molecule has 1 aromatic heterocycles. The molecule has 6 heteroatoms. The van der Waals surface area contributed by atoms with E-state index in [0.29, 0.717) is 11.3 Å². The second-order valence-electron chi connectivity index (χ2n) is 12.4. The summed E-state index contributed by atoms with van der Waals surface area (Å²) in [5, 5.41) is 8.06. The van der Waals surface area contributed by atoms with E-state index in [-0.39, 0.29) is 18.1 Å². The number of piperidine rings is 4. The quantitative estimate of drug-likeness (QED) is 0.458. The third-order valence-electron chi connectivity index (χ3n) is 10.2. The number of carbonyl (C=O) groups excluding carboxylic acids is 1. The van der Waals surface area contributed by atoms with Gasteiger partial charge in [0.2, 0.25) is 0 Å². The van der Waals surface area contributed by atoms with Crippen LogP contribution in [0, 0.1) is 5.92 Å². The summed E-state index contributed by atoms with van der Waals surface area (Å²) in [7, 11) is 0. The summed E-state index contributed by atoms with van der Waals surface area (Å²) >= 11 is 0. The lowest BCUT2D eigenvalue weighted by Crippen LogP contribution is -2.60. The molecule has 3 aromatic rings. The summed E-state index contributed by atoms with van der Waals surface area (Å²) in [4.78, 5) is 21.8. The van der Waals surface area contributed by atoms with Gasteiger partial charge in [-0.2, -0.15) is 0 Å². The summed E-state index contributed by atoms with van der Waals surface area (Å²) in [6.45, 7) is 6.47. The van der Waals surface area contributed by atoms with Crippen molar-refractivity contribution in [1.82, 2.24) is 25.4 Å². The average Bonchev–Trinajstić information content (AvgIpc) is 3.52. The van der Waals surface area contributed by atoms with Crippen LogP contribution in [0.1, 0.15) is 48.8 Å². The maximum Gasteiger partial charge on any atom is 0.315 e. The number of nitrogens with one attached hydrogen (secondary N) is 3. The van der Waals surface area contributed by atoms with E-state index in [2.05, 4.69) is 80.1 Å². The first-order chi connectivity index (χ1) is 18.6. The Hall–Kier alpha value is -2.83. The van der Waals surface area contributed by atoms with Crippen molar-refractivity contribution in [2.75, 3.05) is 39.3 Å². The van der Waals surface area contributed by atoms with E-state index in [9.17, 15) is 4.79 Å². The van der Waals surface area contributed by atoms with Gasteiger partial charge in [0.1, 0.15) is 0 Å². The number of likely N-dealkylation sites (tertiary alicyclic amines) is 1. The highest BCUT2D eigenvalue weighted by Crippen LogP contribution is 2.46. The summed E-state index contributed by atoms with van der Waals surface area (Å²) in [6, 6.07) is 18.0. The van der Waals surface area contributed by atoms with Crippen LogP contribution in [0.15, 0.2) is 54.7 Å². The van der Waals surface area contributed by atoms with Crippen LogP contribution in [0.4, 0.5) is 4.79 Å². The van der Waals surface area contributed by atoms with E-state index >= 15 is 0 Å². The van der Waals surface area contributed by atoms with Gasteiger partial charge >= 0.3 is 6.03 Å². The van der Waals surface area contributed by atoms with Gasteiger partial charge in [-0.15, -0.1) is 0 Å². The maximum atomic E-state index is 13.3. The number of amides is 2. The molecule has 2 atom stereocenters. The van der Waals surface area contributed by atoms with Gasteiger partial charge in [0.25, 0.3) is 0 Å². The van der Waals surface area contributed by atoms with Crippen LogP contribution in [0.3, 0.4) is 0 Å². The van der Waals surface area contributed by atoms with Gasteiger partial charge in [-0.3, -0.25) is 0 Å². The van der Waals surface area contributed by atoms with Crippen LogP contribution in [0.25, 0.3) is 10.9 Å². The first-order valence-electron chi connectivity index (χ1n) is 14.8. The lowest BCUT2D eigenvalue weighted by molar-refractivity contribution is 0.0760. The molecule has 200 valence electrons. The molecule has 4 saturated heterocycles. The summed E-state index contributed by atoms with van der Waals surface area (Å²) in [5.74, 6) is 0.630. The number of nitrogens with zero attached hydrogens (tertiary/aromatic N) is 2. The minimum atomic E-state index is 0.00629. The zero-order valence-electron chi connectivity index (χ0n) is 22.4. The minimum absolute atomic E-state index is 0.00629. The Kier molecular flexibility index (Phi) is 6.41. The van der Waals surface area contributed by atoms with E-state index in [1.54, 1.807) is 11.1 Å². The largest absolute Gasteiger partial charge is 0.361 e. The zero-order valence-corrected chi connectivity index (χ0v) is 22.4. The number of hydrogen-bond acceptors (Lipinski definition) is 3. The Morgan fingerprint density at radius 2 is 1.79 bits per heavy atom. The van der Waals surface area contributed by atoms with Gasteiger partial charge < -0.3 is 25.4 Å². The molecule has 4 aliphatic heterocycles. The molecular weight excluding hydrogens is 470 g/mol. The molecule has 2 aromatic carbocycles. The number of urea groups is 1. The van der Waals surface area contributed by atoms with Crippen molar-refractivity contribution in [3.8, 4) is 0 Å². The molecule has 4 fully saturated rings. The molecule has 2 unspecified atom stereocenters. The van der Waals surface area contributed by atoms with Crippen molar-refractivity contribution in [3.63, 3.8) is 0 Å². The fraction of sp³-hybridized carbons (Fsp3) is 0.531. The van der Waals surface area contributed by atoms with Crippen LogP contribution in [0.2, 0.25) is 0 Å². The van der Waals surface area contributed by atoms with E-state index in [1.807, 2.05) is 0 Å². The molecule has 3 N–H and O–H groups in total. The van der Waals surface area contributed by atoms with Crippen LogP contribution < -0.4 is 10.6 Å². The number of hydrogen-bond donors (Lipinski definition) is 3. The fourth-order valence-corrected chi connectivity index (χ4v) is 8.01. The predicted molar refractivity (Wildman–Crippen MR) is 153 cm³/mol. The normalized spacial score (nSPS) is 26.9. The predicted octanol–water partition coefficient (Wildman–Crippen LogP) is 4.45. The Labute approximate surface area is 226 Å². The molecular formula is C32H41N5O. The first kappa shape index (κ1) is 24.2. The summed E-state index contributed by atoms with van der Waals surface area (Å²) in [6.07, 6.45) is 10.3. The average molecular weight is 512 g/mol. The fourth-order valence-electron chi connectivity index (χ4n) is 8.01. The van der Waals surface area contributed by atoms with E-state index in [1.165, 1.54) is 62.6 Å². The SMILES string of the molecule is O=C(NC(Cc1c[nH]c2ccccc12)CN1CCC2(CCc3ccccc32)CC1)NC1CN2CCC1CC2. The van der Waals surface area contributed by atoms with Gasteiger partial charge in [-0.05, 0) is 105 Å². The highest BCUT2D eigenvalue weighted by molar-refractivity contribution is 5.83. The first-order valence-corrected chi connectivity index (χ1v) is 14.8. The standard InChI is InChI=1S/C32H41N5O/c38-31(35-30-22-36-15-10-24(30)11-16-36)34-26(19-25-20-33-29-8-4-2-6-27(25)29)21-37-17-13-32(14-18-37)12-9-23-5-1-3-7-28(23)32/h1-8,20,24,26,30,33H,9-19,21-22H2,(H2,34,35,38). The van der Waals surface area contributed by atoms with Gasteiger partial charge in [0, 0.05) is 42.3 Å². The lowest BCUT2D eigenvalue weighted by atomic mass is 9.74. The number of aryl methyl sites for hydroxylation is 1. The van der Waals surface area contributed by atoms with Gasteiger partial charge in [0.05, 0.1) is 0 Å². The number of aromatic amines is 1. The maximum absolute atomic E-state index is 13.3. The molecule has 0 radical (unpaired) electrons. The topological polar surface area (TPSA) is 63.4 Å². The Bertz CT molecular complexity index is 1280. The number of aromatic nitrogens is 1. The van der Waals surface area contributed by atoms with Crippen molar-refractivity contribution < 1.29 is 4.79 Å². The number of para-hydroxylation sites is 1. The van der Waals surface area contributed by atoms with Crippen LogP contribution in [-0.4, -0.2) is 72.2 Å². The molecule has 5 heterocycles. The highest BCUT2D eigenvalue weighted by atomic mass is 16.2. The third kappa shape index (κ3) is 4.62. The second-order valence-corrected chi connectivity index (χ2v) is 12.4. The zero-order chi connectivity index (χ0) is 25.5.